The van der Waals surface area contributed by atoms with Gasteiger partial charge in [0, 0.05) is 55.6 Å². The highest BCUT2D eigenvalue weighted by molar-refractivity contribution is 7.89. The fourth-order valence-corrected chi connectivity index (χ4v) is 7.64. The van der Waals surface area contributed by atoms with Crippen LogP contribution in [-0.2, 0) is 21.3 Å². The van der Waals surface area contributed by atoms with Crippen molar-refractivity contribution >= 4 is 15.7 Å². The molecule has 172 valence electrons. The number of benzene rings is 2. The molecule has 3 aliphatic rings. The van der Waals surface area contributed by atoms with Crippen molar-refractivity contribution in [1.29, 1.82) is 0 Å². The van der Waals surface area contributed by atoms with Crippen molar-refractivity contribution in [2.75, 3.05) is 31.2 Å². The van der Waals surface area contributed by atoms with E-state index in [1.165, 1.54) is 4.31 Å². The van der Waals surface area contributed by atoms with Gasteiger partial charge in [-0.05, 0) is 50.3 Å². The van der Waals surface area contributed by atoms with E-state index in [-0.39, 0.29) is 18.4 Å². The van der Waals surface area contributed by atoms with Crippen molar-refractivity contribution < 1.29 is 17.5 Å². The fraction of sp³-hybridized carbons (Fsp3) is 0.520. The lowest BCUT2D eigenvalue weighted by Crippen LogP contribution is -2.58. The second-order valence-corrected chi connectivity index (χ2v) is 11.7. The first-order valence-corrected chi connectivity index (χ1v) is 13.1. The summed E-state index contributed by atoms with van der Waals surface area (Å²) in [4.78, 5) is 2.21. The zero-order valence-corrected chi connectivity index (χ0v) is 19.4. The molecule has 2 aromatic carbocycles. The van der Waals surface area contributed by atoms with E-state index < -0.39 is 15.3 Å². The van der Waals surface area contributed by atoms with Crippen molar-refractivity contribution in [3.8, 4) is 0 Å². The van der Waals surface area contributed by atoms with Gasteiger partial charge in [0.05, 0.1) is 0 Å². The molecule has 3 fully saturated rings. The van der Waals surface area contributed by atoms with E-state index in [1.807, 2.05) is 43.3 Å². The maximum absolute atomic E-state index is 15.1. The first kappa shape index (κ1) is 21.9. The van der Waals surface area contributed by atoms with Gasteiger partial charge < -0.3 is 9.64 Å². The molecule has 0 amide bonds. The molecule has 32 heavy (non-hydrogen) atoms. The van der Waals surface area contributed by atoms with Crippen molar-refractivity contribution in [2.24, 2.45) is 5.41 Å². The van der Waals surface area contributed by atoms with E-state index in [9.17, 15) is 8.42 Å². The lowest BCUT2D eigenvalue weighted by molar-refractivity contribution is -0.000212. The van der Waals surface area contributed by atoms with Gasteiger partial charge in [-0.1, -0.05) is 36.4 Å². The van der Waals surface area contributed by atoms with Crippen LogP contribution in [0.4, 0.5) is 10.1 Å². The third-order valence-electron chi connectivity index (χ3n) is 7.53. The topological polar surface area (TPSA) is 49.9 Å². The summed E-state index contributed by atoms with van der Waals surface area (Å²) >= 11 is 0. The van der Waals surface area contributed by atoms with Crippen LogP contribution in [0.15, 0.2) is 48.5 Å². The lowest BCUT2D eigenvalue weighted by Gasteiger charge is -2.53. The van der Waals surface area contributed by atoms with Crippen LogP contribution in [0, 0.1) is 11.2 Å². The van der Waals surface area contributed by atoms with Gasteiger partial charge in [-0.15, -0.1) is 0 Å². The summed E-state index contributed by atoms with van der Waals surface area (Å²) in [7, 11) is -3.58. The Bertz CT molecular complexity index is 1060. The van der Waals surface area contributed by atoms with Gasteiger partial charge in [0.25, 0.3) is 0 Å². The smallest absolute Gasteiger partial charge is 0.221 e. The number of nitrogens with zero attached hydrogens (tertiary/aromatic N) is 2. The molecule has 1 spiro atoms. The molecule has 0 N–H and O–H groups in total. The van der Waals surface area contributed by atoms with Crippen LogP contribution in [0.25, 0.3) is 0 Å². The molecular weight excluding hydrogens is 427 g/mol. The number of rotatable bonds is 4. The Balaban J connectivity index is 1.32. The third kappa shape index (κ3) is 3.95. The van der Waals surface area contributed by atoms with Gasteiger partial charge in [0.1, 0.15) is 11.1 Å². The van der Waals surface area contributed by atoms with Crippen molar-refractivity contribution in [2.45, 2.75) is 50.4 Å². The quantitative estimate of drug-likeness (QED) is 0.677. The molecular formula is C25H31FN2O3S. The molecule has 2 aromatic rings. The lowest BCUT2D eigenvalue weighted by atomic mass is 9.73. The average Bonchev–Trinajstić information content (AvgIpc) is 2.77. The first-order chi connectivity index (χ1) is 15.4. The second kappa shape index (κ2) is 8.43. The third-order valence-corrected chi connectivity index (χ3v) is 9.90. The molecule has 3 heterocycles. The SMILES string of the molecule is CC1CCC(c2ccccc2)S(=O)(=O)N1Cc1ccc(N2CC3(CCOCC3)C2)cc1F. The van der Waals surface area contributed by atoms with Crippen LogP contribution in [0.5, 0.6) is 0 Å². The molecule has 0 aliphatic carbocycles. The Hall–Kier alpha value is -1.96. The van der Waals surface area contributed by atoms with Gasteiger partial charge in [0.15, 0.2) is 0 Å². The number of halogens is 1. The van der Waals surface area contributed by atoms with Crippen LogP contribution < -0.4 is 4.90 Å². The number of anilines is 1. The minimum absolute atomic E-state index is 0.0697. The van der Waals surface area contributed by atoms with E-state index in [2.05, 4.69) is 4.90 Å². The zero-order chi connectivity index (χ0) is 22.3. The number of hydrogen-bond acceptors (Lipinski definition) is 4. The van der Waals surface area contributed by atoms with E-state index in [0.29, 0.717) is 17.4 Å². The Labute approximate surface area is 190 Å². The molecule has 3 aliphatic heterocycles. The van der Waals surface area contributed by atoms with Gasteiger partial charge in [-0.25, -0.2) is 12.8 Å². The summed E-state index contributed by atoms with van der Waals surface area (Å²) in [5.41, 5.74) is 2.43. The van der Waals surface area contributed by atoms with Crippen LogP contribution in [0.3, 0.4) is 0 Å². The van der Waals surface area contributed by atoms with Crippen LogP contribution in [-0.4, -0.2) is 45.1 Å². The molecule has 5 nitrogen and oxygen atoms in total. The monoisotopic (exact) mass is 458 g/mol. The second-order valence-electron chi connectivity index (χ2n) is 9.66. The number of hydrogen-bond donors (Lipinski definition) is 0. The molecule has 7 heteroatoms. The Morgan fingerprint density at radius 1 is 1.06 bits per heavy atom. The van der Waals surface area contributed by atoms with Gasteiger partial charge in [-0.2, -0.15) is 4.31 Å². The molecule has 2 atom stereocenters. The standard InChI is InChI=1S/C25H31FN2O3S/c1-19-7-10-24(20-5-3-2-4-6-20)32(29,30)28(19)16-21-8-9-22(15-23(21)26)27-17-25(18-27)11-13-31-14-12-25/h2-6,8-9,15,19,24H,7,10-14,16-18H2,1H3. The van der Waals surface area contributed by atoms with Crippen molar-refractivity contribution in [3.05, 3.63) is 65.5 Å². The molecule has 0 radical (unpaired) electrons. The normalized spacial score (nSPS) is 27.2. The van der Waals surface area contributed by atoms with Crippen LogP contribution >= 0.6 is 0 Å². The van der Waals surface area contributed by atoms with Crippen LogP contribution in [0.2, 0.25) is 0 Å². The van der Waals surface area contributed by atoms with E-state index in [1.54, 1.807) is 12.1 Å². The predicted octanol–water partition coefficient (Wildman–Crippen LogP) is 4.50. The van der Waals surface area contributed by atoms with E-state index in [4.69, 9.17) is 4.74 Å². The minimum atomic E-state index is -3.58. The molecule has 0 aromatic heterocycles. The van der Waals surface area contributed by atoms with Crippen molar-refractivity contribution in [1.82, 2.24) is 4.31 Å². The fourth-order valence-electron chi connectivity index (χ4n) is 5.45. The first-order valence-electron chi connectivity index (χ1n) is 11.5. The molecule has 0 saturated carbocycles. The average molecular weight is 459 g/mol. The highest BCUT2D eigenvalue weighted by Crippen LogP contribution is 2.43. The van der Waals surface area contributed by atoms with Gasteiger partial charge in [0.2, 0.25) is 10.0 Å². The van der Waals surface area contributed by atoms with Crippen molar-refractivity contribution in [3.63, 3.8) is 0 Å². The maximum atomic E-state index is 15.1. The number of ether oxygens (including phenoxy) is 1. The van der Waals surface area contributed by atoms with E-state index in [0.717, 1.165) is 56.8 Å². The summed E-state index contributed by atoms with van der Waals surface area (Å²) in [6.07, 6.45) is 3.49. The van der Waals surface area contributed by atoms with Gasteiger partial charge >= 0.3 is 0 Å². The van der Waals surface area contributed by atoms with Gasteiger partial charge in [-0.3, -0.25) is 0 Å². The highest BCUT2D eigenvalue weighted by atomic mass is 32.2. The largest absolute Gasteiger partial charge is 0.381 e. The minimum Gasteiger partial charge on any atom is -0.381 e. The summed E-state index contributed by atoms with van der Waals surface area (Å²) in [5.74, 6) is -0.334. The Morgan fingerprint density at radius 2 is 1.78 bits per heavy atom. The molecule has 5 rings (SSSR count). The van der Waals surface area contributed by atoms with E-state index >= 15 is 4.39 Å². The summed E-state index contributed by atoms with van der Waals surface area (Å²) in [6, 6.07) is 14.5. The maximum Gasteiger partial charge on any atom is 0.221 e. The van der Waals surface area contributed by atoms with Crippen LogP contribution in [0.1, 0.15) is 49.0 Å². The molecule has 0 bridgehead atoms. The Morgan fingerprint density at radius 3 is 2.47 bits per heavy atom. The predicted molar refractivity (Wildman–Crippen MR) is 123 cm³/mol. The highest BCUT2D eigenvalue weighted by Gasteiger charge is 2.44. The Kier molecular flexibility index (Phi) is 5.76. The summed E-state index contributed by atoms with van der Waals surface area (Å²) in [5, 5.41) is -0.570. The number of sulfonamides is 1. The summed E-state index contributed by atoms with van der Waals surface area (Å²) in [6.45, 7) is 5.48. The summed E-state index contributed by atoms with van der Waals surface area (Å²) < 4.78 is 48.9. The zero-order valence-electron chi connectivity index (χ0n) is 18.5. The molecule has 2 unspecified atom stereocenters. The molecule has 3 saturated heterocycles.